The Balaban J connectivity index is 1.52. The SMILES string of the molecule is COC(=O)N1c2ccc3c(nc([C@@H](O)c4ccc5c(c4)C=NC5)n3[C@@H]3CCC[C@@H](C(C)=O)C3)c2CC[C@@H]1C. The van der Waals surface area contributed by atoms with E-state index in [1.165, 1.54) is 7.11 Å². The van der Waals surface area contributed by atoms with Crippen molar-refractivity contribution >= 4 is 34.8 Å². The molecule has 0 radical (unpaired) electrons. The number of carbonyl (C=O) groups excluding carboxylic acids is 2. The third kappa shape index (κ3) is 4.02. The van der Waals surface area contributed by atoms with E-state index in [0.29, 0.717) is 12.4 Å². The molecule has 1 aromatic heterocycles. The molecule has 1 saturated carbocycles. The summed E-state index contributed by atoms with van der Waals surface area (Å²) < 4.78 is 7.28. The van der Waals surface area contributed by atoms with Crippen molar-refractivity contribution in [3.05, 3.63) is 58.4 Å². The average molecular weight is 515 g/mol. The Labute approximate surface area is 222 Å². The van der Waals surface area contributed by atoms with Crippen LogP contribution in [0.15, 0.2) is 35.3 Å². The van der Waals surface area contributed by atoms with Crippen molar-refractivity contribution in [1.82, 2.24) is 9.55 Å². The van der Waals surface area contributed by atoms with E-state index < -0.39 is 6.10 Å². The van der Waals surface area contributed by atoms with Gasteiger partial charge in [0.1, 0.15) is 17.7 Å². The van der Waals surface area contributed by atoms with Crippen molar-refractivity contribution in [3.63, 3.8) is 0 Å². The first-order chi connectivity index (χ1) is 18.4. The second-order valence-corrected chi connectivity index (χ2v) is 11.0. The third-order valence-electron chi connectivity index (χ3n) is 8.66. The summed E-state index contributed by atoms with van der Waals surface area (Å²) in [4.78, 5) is 36.2. The number of anilines is 1. The smallest absolute Gasteiger partial charge is 0.414 e. The predicted octanol–water partition coefficient (Wildman–Crippen LogP) is 5.28. The summed E-state index contributed by atoms with van der Waals surface area (Å²) in [6.07, 6.45) is 5.64. The molecular formula is C30H34N4O4. The number of fused-ring (bicyclic) bond motifs is 4. The van der Waals surface area contributed by atoms with E-state index in [-0.39, 0.29) is 29.9 Å². The molecule has 2 aromatic carbocycles. The lowest BCUT2D eigenvalue weighted by molar-refractivity contribution is -0.122. The number of hydrogen-bond acceptors (Lipinski definition) is 6. The van der Waals surface area contributed by atoms with Gasteiger partial charge in [-0.25, -0.2) is 9.78 Å². The Morgan fingerprint density at radius 3 is 2.79 bits per heavy atom. The normalized spacial score (nSPS) is 23.3. The molecule has 3 aromatic rings. The number of nitrogens with zero attached hydrogens (tertiary/aromatic N) is 4. The highest BCUT2D eigenvalue weighted by Crippen LogP contribution is 2.42. The number of aliphatic hydroxyl groups excluding tert-OH is 1. The highest BCUT2D eigenvalue weighted by molar-refractivity contribution is 5.95. The van der Waals surface area contributed by atoms with E-state index in [4.69, 9.17) is 9.72 Å². The van der Waals surface area contributed by atoms with Gasteiger partial charge in [-0.15, -0.1) is 0 Å². The number of hydrogen-bond donors (Lipinski definition) is 1. The van der Waals surface area contributed by atoms with Gasteiger partial charge < -0.3 is 14.4 Å². The summed E-state index contributed by atoms with van der Waals surface area (Å²) in [5, 5.41) is 11.8. The molecule has 8 nitrogen and oxygen atoms in total. The minimum absolute atomic E-state index is 0.0145. The number of aromatic nitrogens is 2. The van der Waals surface area contributed by atoms with Gasteiger partial charge in [0.05, 0.1) is 30.4 Å². The van der Waals surface area contributed by atoms with Crippen LogP contribution in [0.5, 0.6) is 0 Å². The van der Waals surface area contributed by atoms with Gasteiger partial charge in [-0.1, -0.05) is 18.6 Å². The highest BCUT2D eigenvalue weighted by Gasteiger charge is 2.35. The van der Waals surface area contributed by atoms with Gasteiger partial charge in [-0.2, -0.15) is 0 Å². The fourth-order valence-corrected chi connectivity index (χ4v) is 6.58. The van der Waals surface area contributed by atoms with Crippen molar-refractivity contribution in [2.75, 3.05) is 12.0 Å². The fraction of sp³-hybridized carbons (Fsp3) is 0.467. The van der Waals surface area contributed by atoms with Gasteiger partial charge in [0.25, 0.3) is 0 Å². The number of aliphatic hydroxyl groups is 1. The predicted molar refractivity (Wildman–Crippen MR) is 146 cm³/mol. The van der Waals surface area contributed by atoms with Crippen LogP contribution in [-0.2, 0) is 22.5 Å². The molecule has 1 N–H and O–H groups in total. The van der Waals surface area contributed by atoms with E-state index in [0.717, 1.165) is 77.5 Å². The summed E-state index contributed by atoms with van der Waals surface area (Å²) >= 11 is 0. The first-order valence-corrected chi connectivity index (χ1v) is 13.6. The molecule has 0 saturated heterocycles. The quantitative estimate of drug-likeness (QED) is 0.511. The van der Waals surface area contributed by atoms with E-state index in [1.54, 1.807) is 11.8 Å². The van der Waals surface area contributed by atoms with Crippen LogP contribution in [-0.4, -0.2) is 45.9 Å². The summed E-state index contributed by atoms with van der Waals surface area (Å²) in [5.74, 6) is 0.820. The second kappa shape index (κ2) is 9.66. The number of benzene rings is 2. The molecule has 38 heavy (non-hydrogen) atoms. The number of imidazole rings is 1. The molecule has 0 bridgehead atoms. The number of aliphatic imine (C=N–C) groups is 1. The number of ketones is 1. The van der Waals surface area contributed by atoms with Crippen LogP contribution >= 0.6 is 0 Å². The zero-order valence-corrected chi connectivity index (χ0v) is 22.2. The molecule has 2 aliphatic heterocycles. The summed E-state index contributed by atoms with van der Waals surface area (Å²) in [6.45, 7) is 4.37. The van der Waals surface area contributed by atoms with Crippen LogP contribution in [0, 0.1) is 5.92 Å². The number of amides is 1. The number of Topliss-reactive ketones (excluding diaryl/α,β-unsaturated/α-hetero) is 1. The van der Waals surface area contributed by atoms with E-state index in [9.17, 15) is 14.7 Å². The average Bonchev–Trinajstić information content (AvgIpc) is 3.56. The summed E-state index contributed by atoms with van der Waals surface area (Å²) in [7, 11) is 1.40. The fourth-order valence-electron chi connectivity index (χ4n) is 6.58. The lowest BCUT2D eigenvalue weighted by atomic mass is 9.83. The Bertz CT molecular complexity index is 1460. The van der Waals surface area contributed by atoms with Crippen LogP contribution in [0.25, 0.3) is 11.0 Å². The van der Waals surface area contributed by atoms with Crippen molar-refractivity contribution in [2.45, 2.75) is 77.1 Å². The zero-order chi connectivity index (χ0) is 26.6. The number of carbonyl (C=O) groups is 2. The molecule has 198 valence electrons. The Morgan fingerprint density at radius 2 is 2.00 bits per heavy atom. The van der Waals surface area contributed by atoms with Gasteiger partial charge in [-0.05, 0) is 80.8 Å². The van der Waals surface area contributed by atoms with Gasteiger partial charge in [-0.3, -0.25) is 14.7 Å². The Kier molecular flexibility index (Phi) is 6.30. The minimum Gasteiger partial charge on any atom is -0.452 e. The molecular weight excluding hydrogens is 480 g/mol. The van der Waals surface area contributed by atoms with Crippen molar-refractivity contribution < 1.29 is 19.4 Å². The maximum absolute atomic E-state index is 12.7. The van der Waals surface area contributed by atoms with Crippen molar-refractivity contribution in [3.8, 4) is 0 Å². The van der Waals surface area contributed by atoms with Crippen LogP contribution in [0.2, 0.25) is 0 Å². The molecule has 1 fully saturated rings. The largest absolute Gasteiger partial charge is 0.452 e. The standard InChI is InChI=1S/C30H34N4O4/c1-17-7-10-24-25(33(17)30(37)38-3)11-12-26-27(24)32-29(34(26)23-6-4-5-19(14-23)18(2)35)28(36)20-8-9-21-15-31-16-22(21)13-20/h8-9,11-13,16-17,19,23,28,36H,4-7,10,14-15H2,1-3H3/t17-,19+,23+,28-/m0/s1. The summed E-state index contributed by atoms with van der Waals surface area (Å²) in [6, 6.07) is 10.0. The van der Waals surface area contributed by atoms with E-state index >= 15 is 0 Å². The van der Waals surface area contributed by atoms with Crippen LogP contribution in [0.3, 0.4) is 0 Å². The summed E-state index contributed by atoms with van der Waals surface area (Å²) in [5.41, 5.74) is 6.51. The molecule has 1 aliphatic carbocycles. The number of aryl methyl sites for hydroxylation is 1. The minimum atomic E-state index is -0.936. The van der Waals surface area contributed by atoms with Crippen LogP contribution in [0.4, 0.5) is 10.5 Å². The number of methoxy groups -OCH3 is 1. The van der Waals surface area contributed by atoms with Gasteiger partial charge >= 0.3 is 6.09 Å². The molecule has 0 spiro atoms. The molecule has 1 amide bonds. The molecule has 4 atom stereocenters. The Morgan fingerprint density at radius 1 is 1.16 bits per heavy atom. The van der Waals surface area contributed by atoms with Crippen molar-refractivity contribution in [1.29, 1.82) is 0 Å². The van der Waals surface area contributed by atoms with Crippen LogP contribution in [0.1, 0.15) is 86.2 Å². The van der Waals surface area contributed by atoms with Gasteiger partial charge in [0.2, 0.25) is 0 Å². The Hall–Kier alpha value is -3.52. The number of ether oxygens (including phenoxy) is 1. The maximum atomic E-state index is 12.7. The first kappa shape index (κ1) is 24.8. The van der Waals surface area contributed by atoms with Crippen LogP contribution < -0.4 is 4.90 Å². The van der Waals surface area contributed by atoms with E-state index in [1.807, 2.05) is 43.5 Å². The molecule has 6 rings (SSSR count). The first-order valence-electron chi connectivity index (χ1n) is 13.6. The maximum Gasteiger partial charge on any atom is 0.414 e. The highest BCUT2D eigenvalue weighted by atomic mass is 16.5. The molecule has 3 aliphatic rings. The molecule has 8 heteroatoms. The monoisotopic (exact) mass is 514 g/mol. The lowest BCUT2D eigenvalue weighted by Gasteiger charge is -2.34. The zero-order valence-electron chi connectivity index (χ0n) is 22.2. The van der Waals surface area contributed by atoms with Crippen molar-refractivity contribution in [2.24, 2.45) is 10.9 Å². The van der Waals surface area contributed by atoms with Gasteiger partial charge in [0, 0.05) is 29.8 Å². The molecule has 3 heterocycles. The lowest BCUT2D eigenvalue weighted by Crippen LogP contribution is -2.42. The van der Waals surface area contributed by atoms with Gasteiger partial charge in [0.15, 0.2) is 0 Å². The molecule has 0 unspecified atom stereocenters. The topological polar surface area (TPSA) is 97.0 Å². The van der Waals surface area contributed by atoms with E-state index in [2.05, 4.69) is 9.56 Å². The third-order valence-corrected chi connectivity index (χ3v) is 8.66. The second-order valence-electron chi connectivity index (χ2n) is 11.0. The number of rotatable bonds is 4.